The van der Waals surface area contributed by atoms with E-state index < -0.39 is 0 Å². The van der Waals surface area contributed by atoms with Crippen LogP contribution in [-0.2, 0) is 13.1 Å². The molecule has 0 aliphatic heterocycles. The van der Waals surface area contributed by atoms with Crippen molar-refractivity contribution >= 4 is 33.0 Å². The number of ketones is 1. The number of rotatable bonds is 5. The van der Waals surface area contributed by atoms with Gasteiger partial charge in [0.15, 0.2) is 5.78 Å². The summed E-state index contributed by atoms with van der Waals surface area (Å²) in [6, 6.07) is 7.09. The van der Waals surface area contributed by atoms with E-state index in [0.29, 0.717) is 12.1 Å². The van der Waals surface area contributed by atoms with Gasteiger partial charge >= 0.3 is 0 Å². The fourth-order valence-corrected chi connectivity index (χ4v) is 3.51. The number of carbonyl (C=O) groups is 1. The highest BCUT2D eigenvalue weighted by molar-refractivity contribution is 9.10. The molecule has 0 aliphatic rings. The molecule has 0 radical (unpaired) electrons. The van der Waals surface area contributed by atoms with Crippen molar-refractivity contribution in [2.24, 2.45) is 0 Å². The fourth-order valence-electron chi connectivity index (χ4n) is 1.98. The number of phenolic OH excluding ortho intramolecular Hbond substituents is 1. The summed E-state index contributed by atoms with van der Waals surface area (Å²) < 4.78 is 1.09. The van der Waals surface area contributed by atoms with E-state index >= 15 is 0 Å². The molecule has 0 saturated carbocycles. The van der Waals surface area contributed by atoms with Crippen molar-refractivity contribution in [1.82, 2.24) is 4.90 Å². The Hall–Kier alpha value is -1.17. The molecule has 0 spiro atoms. The van der Waals surface area contributed by atoms with Crippen LogP contribution in [-0.4, -0.2) is 22.8 Å². The van der Waals surface area contributed by atoms with Crippen molar-refractivity contribution in [3.63, 3.8) is 0 Å². The highest BCUT2D eigenvalue weighted by Crippen LogP contribution is 2.24. The first-order valence-corrected chi connectivity index (χ1v) is 7.87. The van der Waals surface area contributed by atoms with Gasteiger partial charge in [0.1, 0.15) is 5.75 Å². The Morgan fingerprint density at radius 1 is 1.35 bits per heavy atom. The highest BCUT2D eigenvalue weighted by atomic mass is 79.9. The van der Waals surface area contributed by atoms with Crippen molar-refractivity contribution in [2.45, 2.75) is 20.0 Å². The molecule has 1 aromatic carbocycles. The second kappa shape index (κ2) is 6.52. The van der Waals surface area contributed by atoms with Gasteiger partial charge in [-0.15, -0.1) is 11.3 Å². The molecule has 2 aromatic rings. The van der Waals surface area contributed by atoms with Gasteiger partial charge in [0.25, 0.3) is 0 Å². The smallest absolute Gasteiger partial charge is 0.159 e. The summed E-state index contributed by atoms with van der Waals surface area (Å²) in [5.41, 5.74) is 1.40. The van der Waals surface area contributed by atoms with Gasteiger partial charge < -0.3 is 5.11 Å². The van der Waals surface area contributed by atoms with E-state index in [1.54, 1.807) is 29.5 Å². The van der Waals surface area contributed by atoms with Crippen LogP contribution in [0.1, 0.15) is 27.7 Å². The van der Waals surface area contributed by atoms with E-state index in [9.17, 15) is 9.90 Å². The molecule has 0 bridgehead atoms. The molecule has 0 amide bonds. The van der Waals surface area contributed by atoms with Gasteiger partial charge in [-0.25, -0.2) is 0 Å². The largest absolute Gasteiger partial charge is 0.508 e. The first kappa shape index (κ1) is 15.2. The summed E-state index contributed by atoms with van der Waals surface area (Å²) in [4.78, 5) is 14.7. The molecule has 1 N–H and O–H groups in total. The van der Waals surface area contributed by atoms with Crippen LogP contribution in [0.4, 0.5) is 0 Å². The monoisotopic (exact) mass is 353 g/mol. The number of thiophene rings is 1. The molecule has 0 saturated heterocycles. The third-order valence-corrected chi connectivity index (χ3v) is 4.66. The second-order valence-electron chi connectivity index (χ2n) is 4.80. The maximum Gasteiger partial charge on any atom is 0.159 e. The molecule has 5 heteroatoms. The number of phenols is 1. The Labute approximate surface area is 131 Å². The number of nitrogens with zero attached hydrogens (tertiary/aromatic N) is 1. The van der Waals surface area contributed by atoms with Crippen LogP contribution in [0.5, 0.6) is 5.75 Å². The van der Waals surface area contributed by atoms with Crippen LogP contribution >= 0.6 is 27.3 Å². The molecule has 0 fully saturated rings. The van der Waals surface area contributed by atoms with Gasteiger partial charge in [-0.2, -0.15) is 0 Å². The third-order valence-electron chi connectivity index (χ3n) is 2.97. The summed E-state index contributed by atoms with van der Waals surface area (Å²) in [7, 11) is 1.99. The average Bonchev–Trinajstić information content (AvgIpc) is 2.77. The average molecular weight is 354 g/mol. The van der Waals surface area contributed by atoms with Crippen molar-refractivity contribution < 1.29 is 9.90 Å². The van der Waals surface area contributed by atoms with Crippen molar-refractivity contribution in [1.29, 1.82) is 0 Å². The van der Waals surface area contributed by atoms with Gasteiger partial charge in [0.05, 0.1) is 0 Å². The lowest BCUT2D eigenvalue weighted by molar-refractivity contribution is 0.101. The van der Waals surface area contributed by atoms with E-state index in [1.165, 1.54) is 11.8 Å². The summed E-state index contributed by atoms with van der Waals surface area (Å²) in [5.74, 6) is 0.241. The fraction of sp³-hybridized carbons (Fsp3) is 0.267. The predicted octanol–water partition coefficient (Wildman–Crippen LogP) is 4.05. The zero-order valence-corrected chi connectivity index (χ0v) is 13.8. The van der Waals surface area contributed by atoms with E-state index in [4.69, 9.17) is 0 Å². The number of halogens is 1. The third kappa shape index (κ3) is 3.91. The standard InChI is InChI=1S/C15H16BrNO2S/c1-10(18)11-3-4-15(19)12(5-11)7-17(2)8-14-6-13(16)9-20-14/h3-6,9,19H,7-8H2,1-2H3. The molecule has 0 unspecified atom stereocenters. The molecular formula is C15H16BrNO2S. The van der Waals surface area contributed by atoms with Crippen LogP contribution < -0.4 is 0 Å². The molecular weight excluding hydrogens is 338 g/mol. The topological polar surface area (TPSA) is 40.5 Å². The number of carbonyl (C=O) groups excluding carboxylic acids is 1. The molecule has 20 heavy (non-hydrogen) atoms. The summed E-state index contributed by atoms with van der Waals surface area (Å²) in [5, 5.41) is 11.9. The first-order chi connectivity index (χ1) is 9.45. The number of hydrogen-bond donors (Lipinski definition) is 1. The SMILES string of the molecule is CC(=O)c1ccc(O)c(CN(C)Cc2cc(Br)cs2)c1. The van der Waals surface area contributed by atoms with Crippen molar-refractivity contribution in [3.8, 4) is 5.75 Å². The molecule has 0 aliphatic carbocycles. The van der Waals surface area contributed by atoms with E-state index in [-0.39, 0.29) is 11.5 Å². The Kier molecular flexibility index (Phi) is 4.96. The number of benzene rings is 1. The minimum absolute atomic E-state index is 0.0103. The van der Waals surface area contributed by atoms with Crippen LogP contribution in [0.25, 0.3) is 0 Å². The lowest BCUT2D eigenvalue weighted by Crippen LogP contribution is -2.16. The van der Waals surface area contributed by atoms with Gasteiger partial charge in [0.2, 0.25) is 0 Å². The summed E-state index contributed by atoms with van der Waals surface area (Å²) in [6.45, 7) is 2.94. The normalized spacial score (nSPS) is 11.0. The first-order valence-electron chi connectivity index (χ1n) is 6.20. The zero-order valence-electron chi connectivity index (χ0n) is 11.4. The number of Topliss-reactive ketones (excluding diaryl/α,β-unsaturated/α-hetero) is 1. The quantitative estimate of drug-likeness (QED) is 0.824. The van der Waals surface area contributed by atoms with Crippen LogP contribution in [0.3, 0.4) is 0 Å². The van der Waals surface area contributed by atoms with E-state index in [2.05, 4.69) is 32.3 Å². The molecule has 3 nitrogen and oxygen atoms in total. The van der Waals surface area contributed by atoms with Gasteiger partial charge in [-0.3, -0.25) is 9.69 Å². The van der Waals surface area contributed by atoms with Crippen molar-refractivity contribution in [3.05, 3.63) is 50.1 Å². The highest BCUT2D eigenvalue weighted by Gasteiger charge is 2.09. The Morgan fingerprint density at radius 2 is 2.10 bits per heavy atom. The van der Waals surface area contributed by atoms with Gasteiger partial charge in [0, 0.05) is 38.9 Å². The van der Waals surface area contributed by atoms with Crippen LogP contribution in [0.15, 0.2) is 34.1 Å². The summed E-state index contributed by atoms with van der Waals surface area (Å²) >= 11 is 5.14. The van der Waals surface area contributed by atoms with Crippen LogP contribution in [0.2, 0.25) is 0 Å². The Bertz CT molecular complexity index is 624. The van der Waals surface area contributed by atoms with Gasteiger partial charge in [-0.05, 0) is 54.2 Å². The maximum absolute atomic E-state index is 11.4. The predicted molar refractivity (Wildman–Crippen MR) is 85.3 cm³/mol. The molecule has 1 heterocycles. The van der Waals surface area contributed by atoms with E-state index in [0.717, 1.165) is 16.6 Å². The zero-order chi connectivity index (χ0) is 14.7. The number of hydrogen-bond acceptors (Lipinski definition) is 4. The lowest BCUT2D eigenvalue weighted by atomic mass is 10.1. The lowest BCUT2D eigenvalue weighted by Gasteiger charge is -2.17. The molecule has 106 valence electrons. The van der Waals surface area contributed by atoms with Crippen molar-refractivity contribution in [2.75, 3.05) is 7.05 Å². The maximum atomic E-state index is 11.4. The molecule has 1 aromatic heterocycles. The van der Waals surface area contributed by atoms with E-state index in [1.807, 2.05) is 7.05 Å². The van der Waals surface area contributed by atoms with Crippen LogP contribution in [0, 0.1) is 0 Å². The minimum atomic E-state index is 0.0103. The molecule has 0 atom stereocenters. The summed E-state index contributed by atoms with van der Waals surface area (Å²) in [6.07, 6.45) is 0. The molecule has 2 rings (SSSR count). The minimum Gasteiger partial charge on any atom is -0.508 e. The van der Waals surface area contributed by atoms with Gasteiger partial charge in [-0.1, -0.05) is 0 Å². The number of aromatic hydroxyl groups is 1. The Morgan fingerprint density at radius 3 is 2.70 bits per heavy atom. The second-order valence-corrected chi connectivity index (χ2v) is 6.71. The Balaban J connectivity index is 2.08.